The first kappa shape index (κ1) is 15.9. The zero-order valence-corrected chi connectivity index (χ0v) is 13.1. The molecule has 0 radical (unpaired) electrons. The lowest BCUT2D eigenvalue weighted by molar-refractivity contribution is -0.0796. The van der Waals surface area contributed by atoms with Gasteiger partial charge in [-0.2, -0.15) is 0 Å². The van der Waals surface area contributed by atoms with E-state index in [1.807, 2.05) is 12.1 Å². The van der Waals surface area contributed by atoms with Crippen molar-refractivity contribution < 1.29 is 19.4 Å². The van der Waals surface area contributed by atoms with Crippen LogP contribution in [0, 0.1) is 0 Å². The summed E-state index contributed by atoms with van der Waals surface area (Å²) in [6.45, 7) is 6.38. The van der Waals surface area contributed by atoms with E-state index in [1.165, 1.54) is 5.69 Å². The Morgan fingerprint density at radius 1 is 1.22 bits per heavy atom. The number of hydrogen-bond acceptors (Lipinski definition) is 5. The number of anilines is 1. The molecular formula is C16H23N3O4. The molecule has 126 valence electrons. The number of ether oxygens (including phenoxy) is 2. The van der Waals surface area contributed by atoms with E-state index in [0.29, 0.717) is 19.8 Å². The van der Waals surface area contributed by atoms with E-state index in [4.69, 9.17) is 14.6 Å². The van der Waals surface area contributed by atoms with E-state index in [0.717, 1.165) is 38.5 Å². The summed E-state index contributed by atoms with van der Waals surface area (Å²) in [4.78, 5) is 15.1. The highest BCUT2D eigenvalue weighted by Crippen LogP contribution is 2.22. The Morgan fingerprint density at radius 2 is 1.91 bits per heavy atom. The molecule has 0 aliphatic carbocycles. The van der Waals surface area contributed by atoms with Crippen LogP contribution in [0.1, 0.15) is 0 Å². The van der Waals surface area contributed by atoms with Crippen molar-refractivity contribution >= 4 is 11.8 Å². The standard InChI is InChI=1S/C16H23N3O4/c20-16(21)17-5-6-18-7-9-19(10-8-18)13-1-3-14(4-2-13)23-15-11-22-12-15/h1-4,15,17H,5-12H2,(H,20,21). The monoisotopic (exact) mass is 321 g/mol. The molecule has 7 heteroatoms. The summed E-state index contributed by atoms with van der Waals surface area (Å²) in [5.41, 5.74) is 1.20. The van der Waals surface area contributed by atoms with Gasteiger partial charge >= 0.3 is 6.09 Å². The summed E-state index contributed by atoms with van der Waals surface area (Å²) in [7, 11) is 0. The quantitative estimate of drug-likeness (QED) is 0.809. The van der Waals surface area contributed by atoms with Gasteiger partial charge in [0.25, 0.3) is 0 Å². The largest absolute Gasteiger partial charge is 0.486 e. The third-order valence-corrected chi connectivity index (χ3v) is 4.19. The number of carbonyl (C=O) groups is 1. The maximum atomic E-state index is 10.4. The Bertz CT molecular complexity index is 511. The Kier molecular flexibility index (Phi) is 5.19. The van der Waals surface area contributed by atoms with Crippen LogP contribution in [-0.4, -0.2) is 74.7 Å². The van der Waals surface area contributed by atoms with Crippen LogP contribution in [0.3, 0.4) is 0 Å². The molecule has 0 unspecified atom stereocenters. The molecule has 23 heavy (non-hydrogen) atoms. The molecule has 2 N–H and O–H groups in total. The number of amides is 1. The summed E-state index contributed by atoms with van der Waals surface area (Å²) < 4.78 is 10.9. The van der Waals surface area contributed by atoms with Gasteiger partial charge in [-0.25, -0.2) is 4.79 Å². The van der Waals surface area contributed by atoms with Gasteiger partial charge in [-0.1, -0.05) is 0 Å². The fourth-order valence-electron chi connectivity index (χ4n) is 2.76. The Hall–Kier alpha value is -1.99. The van der Waals surface area contributed by atoms with E-state index < -0.39 is 6.09 Å². The molecule has 0 aromatic heterocycles. The van der Waals surface area contributed by atoms with Crippen molar-refractivity contribution in [1.29, 1.82) is 0 Å². The van der Waals surface area contributed by atoms with Gasteiger partial charge in [-0.3, -0.25) is 4.90 Å². The molecule has 2 aliphatic heterocycles. The van der Waals surface area contributed by atoms with Crippen molar-refractivity contribution in [2.45, 2.75) is 6.10 Å². The summed E-state index contributed by atoms with van der Waals surface area (Å²) in [5.74, 6) is 0.889. The summed E-state index contributed by atoms with van der Waals surface area (Å²) >= 11 is 0. The number of hydrogen-bond donors (Lipinski definition) is 2. The molecular weight excluding hydrogens is 298 g/mol. The van der Waals surface area contributed by atoms with Crippen molar-refractivity contribution in [1.82, 2.24) is 10.2 Å². The summed E-state index contributed by atoms with van der Waals surface area (Å²) in [6, 6.07) is 8.21. The minimum absolute atomic E-state index is 0.198. The fourth-order valence-corrected chi connectivity index (χ4v) is 2.76. The predicted molar refractivity (Wildman–Crippen MR) is 86.4 cm³/mol. The van der Waals surface area contributed by atoms with Gasteiger partial charge in [-0.05, 0) is 24.3 Å². The lowest BCUT2D eigenvalue weighted by Gasteiger charge is -2.36. The van der Waals surface area contributed by atoms with Crippen LogP contribution in [0.5, 0.6) is 5.75 Å². The van der Waals surface area contributed by atoms with Gasteiger partial charge in [0.05, 0.1) is 13.2 Å². The molecule has 3 rings (SSSR count). The molecule has 0 bridgehead atoms. The van der Waals surface area contributed by atoms with Gasteiger partial charge in [0.1, 0.15) is 11.9 Å². The van der Waals surface area contributed by atoms with E-state index in [2.05, 4.69) is 27.2 Å². The Labute approximate surface area is 135 Å². The Balaban J connectivity index is 1.42. The molecule has 0 atom stereocenters. The molecule has 0 spiro atoms. The average molecular weight is 321 g/mol. The van der Waals surface area contributed by atoms with Crippen molar-refractivity contribution in [3.05, 3.63) is 24.3 Å². The molecule has 2 heterocycles. The molecule has 1 aromatic rings. The van der Waals surface area contributed by atoms with Crippen molar-refractivity contribution in [2.75, 3.05) is 57.4 Å². The highest BCUT2D eigenvalue weighted by atomic mass is 16.6. The van der Waals surface area contributed by atoms with Crippen molar-refractivity contribution in [2.24, 2.45) is 0 Å². The fraction of sp³-hybridized carbons (Fsp3) is 0.562. The average Bonchev–Trinajstić information content (AvgIpc) is 2.52. The lowest BCUT2D eigenvalue weighted by atomic mass is 10.2. The second-order valence-corrected chi connectivity index (χ2v) is 5.83. The first-order chi connectivity index (χ1) is 11.2. The van der Waals surface area contributed by atoms with E-state index in [9.17, 15) is 4.79 Å². The first-order valence-corrected chi connectivity index (χ1v) is 7.99. The zero-order chi connectivity index (χ0) is 16.1. The van der Waals surface area contributed by atoms with Crippen LogP contribution in [0.25, 0.3) is 0 Å². The molecule has 2 fully saturated rings. The van der Waals surface area contributed by atoms with Crippen LogP contribution in [0.2, 0.25) is 0 Å². The minimum Gasteiger partial charge on any atom is -0.486 e. The maximum Gasteiger partial charge on any atom is 0.404 e. The van der Waals surface area contributed by atoms with Crippen molar-refractivity contribution in [3.63, 3.8) is 0 Å². The second kappa shape index (κ2) is 7.52. The second-order valence-electron chi connectivity index (χ2n) is 5.83. The molecule has 1 amide bonds. The van der Waals surface area contributed by atoms with E-state index in [1.54, 1.807) is 0 Å². The van der Waals surface area contributed by atoms with Gasteiger partial charge in [0, 0.05) is 45.0 Å². The molecule has 2 saturated heterocycles. The van der Waals surface area contributed by atoms with Crippen LogP contribution in [0.15, 0.2) is 24.3 Å². The SMILES string of the molecule is O=C(O)NCCN1CCN(c2ccc(OC3COC3)cc2)CC1. The van der Waals surface area contributed by atoms with E-state index in [-0.39, 0.29) is 6.10 Å². The first-order valence-electron chi connectivity index (χ1n) is 7.99. The maximum absolute atomic E-state index is 10.4. The molecule has 1 aromatic carbocycles. The van der Waals surface area contributed by atoms with Gasteiger partial charge in [-0.15, -0.1) is 0 Å². The molecule has 7 nitrogen and oxygen atoms in total. The van der Waals surface area contributed by atoms with Crippen LogP contribution < -0.4 is 15.0 Å². The molecule has 0 saturated carbocycles. The summed E-state index contributed by atoms with van der Waals surface area (Å²) in [5, 5.41) is 11.0. The number of nitrogens with zero attached hydrogens (tertiary/aromatic N) is 2. The Morgan fingerprint density at radius 3 is 2.48 bits per heavy atom. The number of nitrogens with one attached hydrogen (secondary N) is 1. The van der Waals surface area contributed by atoms with E-state index >= 15 is 0 Å². The number of piperazine rings is 1. The number of carboxylic acid groups (broad SMARTS) is 1. The molecule has 2 aliphatic rings. The van der Waals surface area contributed by atoms with Crippen LogP contribution in [0.4, 0.5) is 10.5 Å². The summed E-state index contributed by atoms with van der Waals surface area (Å²) in [6.07, 6.45) is -0.761. The minimum atomic E-state index is -0.959. The number of rotatable bonds is 6. The highest BCUT2D eigenvalue weighted by Gasteiger charge is 2.20. The normalized spacial score (nSPS) is 19.2. The lowest BCUT2D eigenvalue weighted by Crippen LogP contribution is -2.48. The predicted octanol–water partition coefficient (Wildman–Crippen LogP) is 0.854. The topological polar surface area (TPSA) is 74.3 Å². The number of benzene rings is 1. The van der Waals surface area contributed by atoms with Gasteiger partial charge in [0.15, 0.2) is 0 Å². The zero-order valence-electron chi connectivity index (χ0n) is 13.1. The third-order valence-electron chi connectivity index (χ3n) is 4.19. The van der Waals surface area contributed by atoms with Gasteiger partial charge < -0.3 is 24.8 Å². The third kappa shape index (κ3) is 4.49. The van der Waals surface area contributed by atoms with Crippen molar-refractivity contribution in [3.8, 4) is 5.75 Å². The van der Waals surface area contributed by atoms with Crippen LogP contribution in [-0.2, 0) is 4.74 Å². The van der Waals surface area contributed by atoms with Gasteiger partial charge in [0.2, 0.25) is 0 Å². The highest BCUT2D eigenvalue weighted by molar-refractivity contribution is 5.64. The van der Waals surface area contributed by atoms with Crippen LogP contribution >= 0.6 is 0 Å². The smallest absolute Gasteiger partial charge is 0.404 e.